The highest BCUT2D eigenvalue weighted by molar-refractivity contribution is 5.21. The van der Waals surface area contributed by atoms with E-state index < -0.39 is 0 Å². The molecule has 112 valence electrons. The lowest BCUT2D eigenvalue weighted by atomic mass is 9.78. The average molecular weight is 274 g/mol. The maximum atomic E-state index is 3.56. The Kier molecular flexibility index (Phi) is 6.06. The molecule has 3 unspecified atom stereocenters. The second kappa shape index (κ2) is 7.80. The molecule has 1 aliphatic carbocycles. The number of nitrogens with one attached hydrogen (secondary N) is 1. The van der Waals surface area contributed by atoms with E-state index in [4.69, 9.17) is 0 Å². The standard InChI is InChI=1S/C18H30N2/c1-4-13-20(5-2)18-14-16(11-12-17(18)19-3)15-9-7-6-8-10-15/h6-10,16-19H,4-5,11-14H2,1-3H3. The van der Waals surface area contributed by atoms with Crippen molar-refractivity contribution < 1.29 is 0 Å². The number of benzene rings is 1. The molecule has 0 bridgehead atoms. The molecule has 2 heteroatoms. The Morgan fingerprint density at radius 2 is 1.90 bits per heavy atom. The second-order valence-electron chi connectivity index (χ2n) is 6.01. The summed E-state index contributed by atoms with van der Waals surface area (Å²) in [6, 6.07) is 12.4. The molecular formula is C18H30N2. The molecular weight excluding hydrogens is 244 g/mol. The lowest BCUT2D eigenvalue weighted by Gasteiger charge is -2.42. The second-order valence-corrected chi connectivity index (χ2v) is 6.01. The maximum absolute atomic E-state index is 3.56. The minimum Gasteiger partial charge on any atom is -0.315 e. The van der Waals surface area contributed by atoms with Gasteiger partial charge in [0.1, 0.15) is 0 Å². The van der Waals surface area contributed by atoms with Crippen LogP contribution in [0.5, 0.6) is 0 Å². The van der Waals surface area contributed by atoms with E-state index in [2.05, 4.69) is 61.4 Å². The summed E-state index contributed by atoms with van der Waals surface area (Å²) in [6.45, 7) is 6.97. The fraction of sp³-hybridized carbons (Fsp3) is 0.667. The Morgan fingerprint density at radius 1 is 1.15 bits per heavy atom. The van der Waals surface area contributed by atoms with E-state index in [1.807, 2.05) is 0 Å². The molecule has 0 aliphatic heterocycles. The smallest absolute Gasteiger partial charge is 0.0254 e. The van der Waals surface area contributed by atoms with Crippen LogP contribution < -0.4 is 5.32 Å². The molecule has 1 N–H and O–H groups in total. The molecule has 0 amide bonds. The number of hydrogen-bond acceptors (Lipinski definition) is 2. The Morgan fingerprint density at radius 3 is 2.50 bits per heavy atom. The van der Waals surface area contributed by atoms with Crippen molar-refractivity contribution in [2.45, 2.75) is 57.5 Å². The van der Waals surface area contributed by atoms with E-state index in [-0.39, 0.29) is 0 Å². The Hall–Kier alpha value is -0.860. The van der Waals surface area contributed by atoms with Crippen molar-refractivity contribution >= 4 is 0 Å². The van der Waals surface area contributed by atoms with Gasteiger partial charge in [0.25, 0.3) is 0 Å². The van der Waals surface area contributed by atoms with Crippen LogP contribution in [-0.2, 0) is 0 Å². The summed E-state index contributed by atoms with van der Waals surface area (Å²) in [7, 11) is 2.13. The number of likely N-dealkylation sites (N-methyl/N-ethyl adjacent to an activating group) is 2. The molecule has 20 heavy (non-hydrogen) atoms. The number of rotatable bonds is 6. The van der Waals surface area contributed by atoms with Crippen molar-refractivity contribution in [1.82, 2.24) is 10.2 Å². The van der Waals surface area contributed by atoms with Crippen molar-refractivity contribution in [3.05, 3.63) is 35.9 Å². The Balaban J connectivity index is 2.10. The predicted molar refractivity (Wildman–Crippen MR) is 87.2 cm³/mol. The summed E-state index contributed by atoms with van der Waals surface area (Å²) >= 11 is 0. The van der Waals surface area contributed by atoms with Gasteiger partial charge in [-0.2, -0.15) is 0 Å². The van der Waals surface area contributed by atoms with Gasteiger partial charge in [-0.3, -0.25) is 4.90 Å². The predicted octanol–water partition coefficient (Wildman–Crippen LogP) is 3.64. The third kappa shape index (κ3) is 3.62. The van der Waals surface area contributed by atoms with Crippen LogP contribution in [0.1, 0.15) is 51.0 Å². The molecule has 1 fully saturated rings. The summed E-state index contributed by atoms with van der Waals surface area (Å²) in [4.78, 5) is 2.68. The van der Waals surface area contributed by atoms with Crippen LogP contribution in [-0.4, -0.2) is 37.1 Å². The van der Waals surface area contributed by atoms with Gasteiger partial charge in [0, 0.05) is 12.1 Å². The van der Waals surface area contributed by atoms with Crippen molar-refractivity contribution in [3.8, 4) is 0 Å². The fourth-order valence-electron chi connectivity index (χ4n) is 3.76. The third-order valence-corrected chi connectivity index (χ3v) is 4.84. The normalized spacial score (nSPS) is 26.9. The number of nitrogens with zero attached hydrogens (tertiary/aromatic N) is 1. The van der Waals surface area contributed by atoms with Gasteiger partial charge in [-0.1, -0.05) is 44.2 Å². The first-order valence-corrected chi connectivity index (χ1v) is 8.26. The van der Waals surface area contributed by atoms with Crippen LogP contribution in [0.25, 0.3) is 0 Å². The van der Waals surface area contributed by atoms with Gasteiger partial charge in [0.2, 0.25) is 0 Å². The van der Waals surface area contributed by atoms with Crippen LogP contribution in [0.2, 0.25) is 0 Å². The SMILES string of the molecule is CCCN(CC)C1CC(c2ccccc2)CCC1NC. The molecule has 0 aromatic heterocycles. The lowest BCUT2D eigenvalue weighted by molar-refractivity contribution is 0.121. The first kappa shape index (κ1) is 15.5. The van der Waals surface area contributed by atoms with Gasteiger partial charge < -0.3 is 5.32 Å². The Bertz CT molecular complexity index is 376. The van der Waals surface area contributed by atoms with E-state index >= 15 is 0 Å². The van der Waals surface area contributed by atoms with Gasteiger partial charge in [-0.05, 0) is 57.3 Å². The van der Waals surface area contributed by atoms with Gasteiger partial charge in [-0.15, -0.1) is 0 Å². The lowest BCUT2D eigenvalue weighted by Crippen LogP contribution is -2.52. The summed E-state index contributed by atoms with van der Waals surface area (Å²) in [5, 5.41) is 3.56. The molecule has 0 saturated heterocycles. The van der Waals surface area contributed by atoms with Crippen molar-refractivity contribution in [1.29, 1.82) is 0 Å². The fourth-order valence-corrected chi connectivity index (χ4v) is 3.76. The molecule has 0 heterocycles. The quantitative estimate of drug-likeness (QED) is 0.852. The van der Waals surface area contributed by atoms with Gasteiger partial charge >= 0.3 is 0 Å². The van der Waals surface area contributed by atoms with Gasteiger partial charge in [0.15, 0.2) is 0 Å². The molecule has 3 atom stereocenters. The van der Waals surface area contributed by atoms with E-state index in [9.17, 15) is 0 Å². The van der Waals surface area contributed by atoms with Crippen LogP contribution in [0.3, 0.4) is 0 Å². The molecule has 1 aromatic rings. The highest BCUT2D eigenvalue weighted by atomic mass is 15.2. The summed E-state index contributed by atoms with van der Waals surface area (Å²) in [6.07, 6.45) is 5.15. The summed E-state index contributed by atoms with van der Waals surface area (Å²) in [5.74, 6) is 0.733. The topological polar surface area (TPSA) is 15.3 Å². The highest BCUT2D eigenvalue weighted by Crippen LogP contribution is 2.35. The molecule has 0 radical (unpaired) electrons. The molecule has 2 nitrogen and oxygen atoms in total. The molecule has 1 aliphatic rings. The Labute approximate surface area is 124 Å². The van der Waals surface area contributed by atoms with Gasteiger partial charge in [-0.25, -0.2) is 0 Å². The largest absolute Gasteiger partial charge is 0.315 e. The third-order valence-electron chi connectivity index (χ3n) is 4.84. The highest BCUT2D eigenvalue weighted by Gasteiger charge is 2.33. The summed E-state index contributed by atoms with van der Waals surface area (Å²) < 4.78 is 0. The zero-order chi connectivity index (χ0) is 14.4. The maximum Gasteiger partial charge on any atom is 0.0254 e. The van der Waals surface area contributed by atoms with Crippen LogP contribution in [0.15, 0.2) is 30.3 Å². The monoisotopic (exact) mass is 274 g/mol. The van der Waals surface area contributed by atoms with Gasteiger partial charge in [0.05, 0.1) is 0 Å². The molecule has 2 rings (SSSR count). The minimum atomic E-state index is 0.654. The van der Waals surface area contributed by atoms with E-state index in [1.165, 1.54) is 37.8 Å². The zero-order valence-electron chi connectivity index (χ0n) is 13.3. The van der Waals surface area contributed by atoms with E-state index in [0.717, 1.165) is 12.5 Å². The zero-order valence-corrected chi connectivity index (χ0v) is 13.3. The molecule has 0 spiro atoms. The van der Waals surface area contributed by atoms with Crippen LogP contribution in [0.4, 0.5) is 0 Å². The molecule has 1 saturated carbocycles. The number of hydrogen-bond donors (Lipinski definition) is 1. The average Bonchev–Trinajstić information content (AvgIpc) is 2.53. The van der Waals surface area contributed by atoms with Crippen molar-refractivity contribution in [2.75, 3.05) is 20.1 Å². The first-order valence-electron chi connectivity index (χ1n) is 8.26. The van der Waals surface area contributed by atoms with Crippen molar-refractivity contribution in [2.24, 2.45) is 0 Å². The molecule has 1 aromatic carbocycles. The van der Waals surface area contributed by atoms with Crippen LogP contribution >= 0.6 is 0 Å². The van der Waals surface area contributed by atoms with E-state index in [1.54, 1.807) is 0 Å². The van der Waals surface area contributed by atoms with Crippen molar-refractivity contribution in [3.63, 3.8) is 0 Å². The van der Waals surface area contributed by atoms with E-state index in [0.29, 0.717) is 12.1 Å². The van der Waals surface area contributed by atoms with Crippen LogP contribution in [0, 0.1) is 0 Å². The summed E-state index contributed by atoms with van der Waals surface area (Å²) in [5.41, 5.74) is 1.53. The first-order chi connectivity index (χ1) is 9.80. The minimum absolute atomic E-state index is 0.654.